The maximum Gasteiger partial charge on any atom is 0.352 e. The molecule has 5 heteroatoms. The van der Waals surface area contributed by atoms with Crippen LogP contribution in [-0.4, -0.2) is 21.2 Å². The van der Waals surface area contributed by atoms with Gasteiger partial charge in [-0.2, -0.15) is 0 Å². The fraction of sp³-hybridized carbons (Fsp3) is 0. The number of aromatic hydroxyl groups is 1. The molecule has 1 aromatic carbocycles. The van der Waals surface area contributed by atoms with E-state index >= 15 is 0 Å². The Kier molecular flexibility index (Phi) is 1.93. The van der Waals surface area contributed by atoms with Crippen molar-refractivity contribution < 1.29 is 15.0 Å². The van der Waals surface area contributed by atoms with Gasteiger partial charge in [0, 0.05) is 5.39 Å². The number of carbonyl (C=O) groups is 1. The molecule has 2 aromatic rings. The van der Waals surface area contributed by atoms with Gasteiger partial charge in [0.15, 0.2) is 0 Å². The van der Waals surface area contributed by atoms with E-state index in [1.807, 2.05) is 0 Å². The lowest BCUT2D eigenvalue weighted by molar-refractivity contribution is 0.0690. The van der Waals surface area contributed by atoms with Gasteiger partial charge in [0.2, 0.25) is 0 Å². The first-order valence-electron chi connectivity index (χ1n) is 4.17. The molecular formula is C10H7NO4. The number of aromatic carboxylic acids is 1. The Hall–Kier alpha value is -2.30. The molecule has 0 aliphatic carbocycles. The summed E-state index contributed by atoms with van der Waals surface area (Å²) < 4.78 is 0. The smallest absolute Gasteiger partial charge is 0.352 e. The van der Waals surface area contributed by atoms with Gasteiger partial charge in [-0.3, -0.25) is 4.79 Å². The van der Waals surface area contributed by atoms with Crippen molar-refractivity contribution in [1.29, 1.82) is 0 Å². The van der Waals surface area contributed by atoms with E-state index in [1.54, 1.807) is 0 Å². The Balaban J connectivity index is 2.85. The van der Waals surface area contributed by atoms with E-state index in [0.29, 0.717) is 10.8 Å². The number of rotatable bonds is 1. The van der Waals surface area contributed by atoms with Gasteiger partial charge in [0.25, 0.3) is 5.56 Å². The number of pyridine rings is 1. The van der Waals surface area contributed by atoms with Crippen molar-refractivity contribution in [2.45, 2.75) is 0 Å². The zero-order valence-corrected chi connectivity index (χ0v) is 7.52. The third-order valence-electron chi connectivity index (χ3n) is 2.06. The number of fused-ring (bicyclic) bond motifs is 1. The summed E-state index contributed by atoms with van der Waals surface area (Å²) in [5.41, 5.74) is -0.678. The van der Waals surface area contributed by atoms with Crippen LogP contribution in [-0.2, 0) is 0 Å². The minimum absolute atomic E-state index is 0.00978. The van der Waals surface area contributed by atoms with Crippen LogP contribution in [0.15, 0.2) is 29.1 Å². The lowest BCUT2D eigenvalue weighted by Crippen LogP contribution is -2.12. The van der Waals surface area contributed by atoms with Crippen molar-refractivity contribution in [2.24, 2.45) is 0 Å². The van der Waals surface area contributed by atoms with Gasteiger partial charge in [0.05, 0.1) is 0 Å². The van der Waals surface area contributed by atoms with E-state index in [9.17, 15) is 14.7 Å². The standard InChI is InChI=1S/C10H7NO4/c12-6-1-2-7-5(3-6)4-8(10(14)15)11-9(7)13/h1-4,12H,(H,11,13)(H,14,15). The highest BCUT2D eigenvalue weighted by Crippen LogP contribution is 2.17. The molecule has 0 atom stereocenters. The Morgan fingerprint density at radius 2 is 2.00 bits per heavy atom. The number of phenols is 1. The number of hydrogen-bond donors (Lipinski definition) is 3. The minimum atomic E-state index is -1.21. The molecule has 0 aliphatic rings. The molecule has 0 amide bonds. The van der Waals surface area contributed by atoms with Gasteiger partial charge in [-0.15, -0.1) is 0 Å². The quantitative estimate of drug-likeness (QED) is 0.646. The summed E-state index contributed by atoms with van der Waals surface area (Å²) in [6.07, 6.45) is 0. The normalized spacial score (nSPS) is 10.4. The molecule has 2 rings (SSSR count). The topological polar surface area (TPSA) is 90.4 Å². The first kappa shape index (κ1) is 9.26. The van der Waals surface area contributed by atoms with Crippen LogP contribution in [0, 0.1) is 0 Å². The summed E-state index contributed by atoms with van der Waals surface area (Å²) in [5.74, 6) is -1.22. The van der Waals surface area contributed by atoms with Crippen LogP contribution < -0.4 is 5.56 Å². The van der Waals surface area contributed by atoms with Crippen LogP contribution in [0.5, 0.6) is 5.75 Å². The second kappa shape index (κ2) is 3.13. The highest BCUT2D eigenvalue weighted by molar-refractivity contribution is 5.92. The highest BCUT2D eigenvalue weighted by atomic mass is 16.4. The molecule has 1 heterocycles. The predicted octanol–water partition coefficient (Wildman–Crippen LogP) is 0.932. The van der Waals surface area contributed by atoms with E-state index < -0.39 is 11.5 Å². The fourth-order valence-electron chi connectivity index (χ4n) is 1.37. The van der Waals surface area contributed by atoms with Crippen LogP contribution >= 0.6 is 0 Å². The van der Waals surface area contributed by atoms with E-state index in [4.69, 9.17) is 5.11 Å². The number of H-pyrrole nitrogens is 1. The molecule has 0 radical (unpaired) electrons. The number of nitrogens with one attached hydrogen (secondary N) is 1. The third kappa shape index (κ3) is 1.54. The Morgan fingerprint density at radius 1 is 1.27 bits per heavy atom. The monoisotopic (exact) mass is 205 g/mol. The molecule has 0 bridgehead atoms. The van der Waals surface area contributed by atoms with Crippen molar-refractivity contribution >= 4 is 16.7 Å². The SMILES string of the molecule is O=C(O)c1cc2cc(O)ccc2c(=O)[nH]1. The average molecular weight is 205 g/mol. The van der Waals surface area contributed by atoms with E-state index in [0.717, 1.165) is 0 Å². The van der Waals surface area contributed by atoms with Crippen molar-refractivity contribution in [3.8, 4) is 5.75 Å². The number of carboxylic acid groups (broad SMARTS) is 1. The maximum absolute atomic E-state index is 11.4. The summed E-state index contributed by atoms with van der Waals surface area (Å²) in [6.45, 7) is 0. The molecule has 0 aliphatic heterocycles. The van der Waals surface area contributed by atoms with Gasteiger partial charge < -0.3 is 15.2 Å². The predicted molar refractivity (Wildman–Crippen MR) is 53.2 cm³/mol. The number of hydrogen-bond acceptors (Lipinski definition) is 3. The number of phenolic OH excluding ortho intramolecular Hbond substituents is 1. The zero-order chi connectivity index (χ0) is 11.0. The van der Waals surface area contributed by atoms with Gasteiger partial charge in [0.1, 0.15) is 11.4 Å². The summed E-state index contributed by atoms with van der Waals surface area (Å²) in [7, 11) is 0. The van der Waals surface area contributed by atoms with Crippen molar-refractivity contribution in [3.63, 3.8) is 0 Å². The van der Waals surface area contributed by atoms with Crippen molar-refractivity contribution in [2.75, 3.05) is 0 Å². The Bertz CT molecular complexity index is 600. The number of aromatic nitrogens is 1. The molecule has 0 spiro atoms. The third-order valence-corrected chi connectivity index (χ3v) is 2.06. The molecule has 0 unspecified atom stereocenters. The van der Waals surface area contributed by atoms with Gasteiger partial charge in [-0.25, -0.2) is 4.79 Å². The second-order valence-electron chi connectivity index (χ2n) is 3.09. The van der Waals surface area contributed by atoms with Crippen LogP contribution in [0.1, 0.15) is 10.5 Å². The first-order chi connectivity index (χ1) is 7.08. The number of benzene rings is 1. The first-order valence-corrected chi connectivity index (χ1v) is 4.17. The van der Waals surface area contributed by atoms with E-state index in [2.05, 4.69) is 4.98 Å². The molecular weight excluding hydrogens is 198 g/mol. The number of aromatic amines is 1. The molecule has 1 aromatic heterocycles. The van der Waals surface area contributed by atoms with E-state index in [-0.39, 0.29) is 11.4 Å². The van der Waals surface area contributed by atoms with Crippen LogP contribution in [0.3, 0.4) is 0 Å². The molecule has 0 fully saturated rings. The van der Waals surface area contributed by atoms with Crippen LogP contribution in [0.25, 0.3) is 10.8 Å². The lowest BCUT2D eigenvalue weighted by Gasteiger charge is -1.99. The van der Waals surface area contributed by atoms with Crippen LogP contribution in [0.2, 0.25) is 0 Å². The Labute approximate surface area is 83.6 Å². The van der Waals surface area contributed by atoms with Crippen molar-refractivity contribution in [3.05, 3.63) is 40.3 Å². The van der Waals surface area contributed by atoms with Gasteiger partial charge >= 0.3 is 5.97 Å². The molecule has 0 saturated heterocycles. The van der Waals surface area contributed by atoms with E-state index in [1.165, 1.54) is 24.3 Å². The fourth-order valence-corrected chi connectivity index (χ4v) is 1.37. The Morgan fingerprint density at radius 3 is 2.67 bits per heavy atom. The van der Waals surface area contributed by atoms with Gasteiger partial charge in [-0.05, 0) is 29.7 Å². The summed E-state index contributed by atoms with van der Waals surface area (Å²) >= 11 is 0. The maximum atomic E-state index is 11.4. The zero-order valence-electron chi connectivity index (χ0n) is 7.52. The molecule has 76 valence electrons. The number of carboxylic acids is 1. The summed E-state index contributed by atoms with van der Waals surface area (Å²) in [6, 6.07) is 5.46. The summed E-state index contributed by atoms with van der Waals surface area (Å²) in [5, 5.41) is 18.6. The second-order valence-corrected chi connectivity index (χ2v) is 3.09. The summed E-state index contributed by atoms with van der Waals surface area (Å²) in [4.78, 5) is 24.3. The highest BCUT2D eigenvalue weighted by Gasteiger charge is 2.07. The van der Waals surface area contributed by atoms with Crippen LogP contribution in [0.4, 0.5) is 0 Å². The molecule has 15 heavy (non-hydrogen) atoms. The average Bonchev–Trinajstić information content (AvgIpc) is 2.16. The molecule has 0 saturated carbocycles. The van der Waals surface area contributed by atoms with Crippen molar-refractivity contribution in [1.82, 2.24) is 4.98 Å². The van der Waals surface area contributed by atoms with Gasteiger partial charge in [-0.1, -0.05) is 0 Å². The molecule has 5 nitrogen and oxygen atoms in total. The lowest BCUT2D eigenvalue weighted by atomic mass is 10.1. The molecule has 3 N–H and O–H groups in total. The largest absolute Gasteiger partial charge is 0.508 e. The minimum Gasteiger partial charge on any atom is -0.508 e.